The molecule has 1 N–H and O–H groups in total. The number of hydrogen-bond donors (Lipinski definition) is 1. The number of hydrogen-bond acceptors (Lipinski definition) is 4. The summed E-state index contributed by atoms with van der Waals surface area (Å²) in [4.78, 5) is 6.09. The Morgan fingerprint density at radius 2 is 2.05 bits per heavy atom. The van der Waals surface area contributed by atoms with Gasteiger partial charge in [-0.1, -0.05) is 30.3 Å². The molecule has 19 heavy (non-hydrogen) atoms. The molecule has 0 spiro atoms. The van der Waals surface area contributed by atoms with Crippen molar-refractivity contribution in [1.29, 1.82) is 0 Å². The summed E-state index contributed by atoms with van der Waals surface area (Å²) in [6, 6.07) is 10.4. The van der Waals surface area contributed by atoms with Crippen molar-refractivity contribution in [3.05, 3.63) is 40.2 Å². The van der Waals surface area contributed by atoms with Crippen LogP contribution in [0.2, 0.25) is 0 Å². The normalized spacial score (nSPS) is 12.6. The quantitative estimate of drug-likeness (QED) is 0.879. The maximum absolute atomic E-state index is 5.38. The highest BCUT2D eigenvalue weighted by molar-refractivity contribution is 7.12. The number of nitrogens with one attached hydrogen (secondary N) is 1. The van der Waals surface area contributed by atoms with Crippen LogP contribution in [0.3, 0.4) is 0 Å². The van der Waals surface area contributed by atoms with Crippen LogP contribution in [0.1, 0.15) is 22.9 Å². The Balaban J connectivity index is 2.36. The first-order valence-corrected chi connectivity index (χ1v) is 7.30. The van der Waals surface area contributed by atoms with Crippen LogP contribution in [0.4, 0.5) is 0 Å². The van der Waals surface area contributed by atoms with E-state index in [1.807, 2.05) is 20.0 Å². The molecule has 3 nitrogen and oxygen atoms in total. The highest BCUT2D eigenvalue weighted by Crippen LogP contribution is 2.32. The Bertz CT molecular complexity index is 510. The molecule has 0 fully saturated rings. The highest BCUT2D eigenvalue weighted by atomic mass is 32.1. The van der Waals surface area contributed by atoms with E-state index in [4.69, 9.17) is 9.72 Å². The van der Waals surface area contributed by atoms with E-state index in [0.717, 1.165) is 23.7 Å². The molecule has 0 radical (unpaired) electrons. The molecule has 1 heterocycles. The molecule has 0 saturated heterocycles. The zero-order valence-electron chi connectivity index (χ0n) is 11.6. The Hall–Kier alpha value is -1.23. The van der Waals surface area contributed by atoms with Crippen LogP contribution in [0.25, 0.3) is 11.3 Å². The van der Waals surface area contributed by atoms with Crippen LogP contribution < -0.4 is 5.32 Å². The first-order chi connectivity index (χ1) is 9.26. The van der Waals surface area contributed by atoms with E-state index in [1.54, 1.807) is 18.4 Å². The molecule has 1 unspecified atom stereocenters. The number of likely N-dealkylation sites (N-methyl/N-ethyl adjacent to an activating group) is 1. The average Bonchev–Trinajstić information content (AvgIpc) is 2.89. The summed E-state index contributed by atoms with van der Waals surface area (Å²) in [7, 11) is 3.70. The van der Waals surface area contributed by atoms with Crippen molar-refractivity contribution in [2.75, 3.05) is 20.7 Å². The number of ether oxygens (including phenoxy) is 1. The van der Waals surface area contributed by atoms with Gasteiger partial charge in [-0.2, -0.15) is 0 Å². The van der Waals surface area contributed by atoms with Gasteiger partial charge >= 0.3 is 0 Å². The molecule has 0 saturated carbocycles. The van der Waals surface area contributed by atoms with E-state index in [0.29, 0.717) is 0 Å². The largest absolute Gasteiger partial charge is 0.375 e. The number of aromatic nitrogens is 1. The third-order valence-electron chi connectivity index (χ3n) is 3.06. The lowest BCUT2D eigenvalue weighted by molar-refractivity contribution is 0.119. The molecule has 0 bridgehead atoms. The highest BCUT2D eigenvalue weighted by Gasteiger charge is 2.16. The third-order valence-corrected chi connectivity index (χ3v) is 4.34. The topological polar surface area (TPSA) is 34.1 Å². The molecule has 0 amide bonds. The van der Waals surface area contributed by atoms with Gasteiger partial charge in [0, 0.05) is 17.6 Å². The molecular formula is C15H20N2OS. The number of benzene rings is 1. The summed E-state index contributed by atoms with van der Waals surface area (Å²) < 4.78 is 5.38. The lowest BCUT2D eigenvalue weighted by Crippen LogP contribution is -2.09. The molecule has 1 aromatic heterocycles. The molecule has 1 aromatic carbocycles. The van der Waals surface area contributed by atoms with Crippen molar-refractivity contribution in [3.8, 4) is 11.3 Å². The van der Waals surface area contributed by atoms with Crippen molar-refractivity contribution in [3.63, 3.8) is 0 Å². The SMILES string of the molecule is CNCCc1sc(C(C)OC)nc1-c1ccccc1. The summed E-state index contributed by atoms with van der Waals surface area (Å²) in [5, 5.41) is 4.24. The fourth-order valence-corrected chi connectivity index (χ4v) is 2.99. The predicted molar refractivity (Wildman–Crippen MR) is 80.6 cm³/mol. The van der Waals surface area contributed by atoms with Gasteiger partial charge in [-0.15, -0.1) is 11.3 Å². The van der Waals surface area contributed by atoms with Crippen LogP contribution in [0, 0.1) is 0 Å². The number of methoxy groups -OCH3 is 1. The van der Waals surface area contributed by atoms with Gasteiger partial charge in [0.25, 0.3) is 0 Å². The smallest absolute Gasteiger partial charge is 0.122 e. The summed E-state index contributed by atoms with van der Waals surface area (Å²) >= 11 is 1.75. The Labute approximate surface area is 118 Å². The molecule has 4 heteroatoms. The van der Waals surface area contributed by atoms with Crippen LogP contribution in [-0.2, 0) is 11.2 Å². The van der Waals surface area contributed by atoms with Crippen molar-refractivity contribution >= 4 is 11.3 Å². The minimum atomic E-state index is 0.0517. The molecule has 0 aliphatic heterocycles. The molecule has 0 aliphatic carbocycles. The maximum atomic E-state index is 5.38. The van der Waals surface area contributed by atoms with Crippen LogP contribution in [0.15, 0.2) is 30.3 Å². The summed E-state index contributed by atoms with van der Waals surface area (Å²) in [5.41, 5.74) is 2.28. The van der Waals surface area contributed by atoms with Gasteiger partial charge in [-0.25, -0.2) is 4.98 Å². The Kier molecular flexibility index (Phi) is 5.07. The number of nitrogens with zero attached hydrogens (tertiary/aromatic N) is 1. The average molecular weight is 276 g/mol. The standard InChI is InChI=1S/C15H20N2OS/c1-11(18-3)15-17-14(12-7-5-4-6-8-12)13(19-15)9-10-16-2/h4-8,11,16H,9-10H2,1-3H3. The lowest BCUT2D eigenvalue weighted by Gasteiger charge is -2.03. The first-order valence-electron chi connectivity index (χ1n) is 6.48. The van der Waals surface area contributed by atoms with E-state index in [9.17, 15) is 0 Å². The van der Waals surface area contributed by atoms with E-state index in [-0.39, 0.29) is 6.10 Å². The zero-order valence-corrected chi connectivity index (χ0v) is 12.5. The summed E-state index contributed by atoms with van der Waals surface area (Å²) in [5.74, 6) is 0. The van der Waals surface area contributed by atoms with Gasteiger partial charge in [0.1, 0.15) is 11.1 Å². The molecule has 0 aliphatic rings. The zero-order chi connectivity index (χ0) is 13.7. The van der Waals surface area contributed by atoms with Gasteiger partial charge in [-0.3, -0.25) is 0 Å². The van der Waals surface area contributed by atoms with Crippen molar-refractivity contribution in [1.82, 2.24) is 10.3 Å². The Morgan fingerprint density at radius 1 is 1.32 bits per heavy atom. The van der Waals surface area contributed by atoms with Gasteiger partial charge in [0.05, 0.1) is 5.69 Å². The van der Waals surface area contributed by atoms with Crippen LogP contribution in [0.5, 0.6) is 0 Å². The van der Waals surface area contributed by atoms with Gasteiger partial charge in [-0.05, 0) is 26.9 Å². The van der Waals surface area contributed by atoms with E-state index in [1.165, 1.54) is 10.4 Å². The van der Waals surface area contributed by atoms with E-state index < -0.39 is 0 Å². The van der Waals surface area contributed by atoms with E-state index >= 15 is 0 Å². The van der Waals surface area contributed by atoms with Gasteiger partial charge in [0.2, 0.25) is 0 Å². The molecule has 102 valence electrons. The van der Waals surface area contributed by atoms with Gasteiger partial charge < -0.3 is 10.1 Å². The second kappa shape index (κ2) is 6.80. The lowest BCUT2D eigenvalue weighted by atomic mass is 10.1. The van der Waals surface area contributed by atoms with Crippen molar-refractivity contribution < 1.29 is 4.74 Å². The fraction of sp³-hybridized carbons (Fsp3) is 0.400. The van der Waals surface area contributed by atoms with E-state index in [2.05, 4.69) is 29.6 Å². The van der Waals surface area contributed by atoms with Gasteiger partial charge in [0.15, 0.2) is 0 Å². The monoisotopic (exact) mass is 276 g/mol. The Morgan fingerprint density at radius 3 is 2.68 bits per heavy atom. The molecule has 2 aromatic rings. The second-order valence-corrected chi connectivity index (χ2v) is 5.54. The first kappa shape index (κ1) is 14.2. The molecule has 2 rings (SSSR count). The fourth-order valence-electron chi connectivity index (χ4n) is 1.87. The van der Waals surface area contributed by atoms with Crippen LogP contribution in [-0.4, -0.2) is 25.7 Å². The van der Waals surface area contributed by atoms with Crippen molar-refractivity contribution in [2.45, 2.75) is 19.4 Å². The third kappa shape index (κ3) is 3.41. The number of rotatable bonds is 6. The number of thiazole rings is 1. The predicted octanol–water partition coefficient (Wildman–Crippen LogP) is 3.28. The van der Waals surface area contributed by atoms with Crippen molar-refractivity contribution in [2.24, 2.45) is 0 Å². The minimum Gasteiger partial charge on any atom is -0.375 e. The molecule has 1 atom stereocenters. The summed E-state index contributed by atoms with van der Waals surface area (Å²) in [6.07, 6.45) is 1.05. The van der Waals surface area contributed by atoms with Crippen LogP contribution >= 0.6 is 11.3 Å². The maximum Gasteiger partial charge on any atom is 0.122 e. The summed E-state index contributed by atoms with van der Waals surface area (Å²) in [6.45, 7) is 3.00. The second-order valence-electron chi connectivity index (χ2n) is 4.42. The molecular weight excluding hydrogens is 256 g/mol. The minimum absolute atomic E-state index is 0.0517.